The molecule has 0 aromatic carbocycles. The fraction of sp³-hybridized carbons (Fsp3) is 0. The predicted molar refractivity (Wildman–Crippen MR) is 50.3 cm³/mol. The lowest BCUT2D eigenvalue weighted by molar-refractivity contribution is -0.605. The van der Waals surface area contributed by atoms with Gasteiger partial charge in [-0.3, -0.25) is 4.98 Å². The van der Waals surface area contributed by atoms with Crippen LogP contribution in [-0.4, -0.2) is 10.1 Å². The van der Waals surface area contributed by atoms with E-state index in [0.717, 1.165) is 11.8 Å². The molecule has 0 spiro atoms. The fourth-order valence-electron chi connectivity index (χ4n) is 1.23. The van der Waals surface area contributed by atoms with E-state index >= 15 is 0 Å². The lowest BCUT2D eigenvalue weighted by atomic mass is 10.1. The molecule has 2 aromatic heterocycles. The second kappa shape index (κ2) is 3.33. The van der Waals surface area contributed by atoms with Gasteiger partial charge in [-0.1, -0.05) is 6.07 Å². The molecular weight excluding hydrogens is 180 g/mol. The number of pyridine rings is 2. The Morgan fingerprint density at radius 3 is 2.86 bits per heavy atom. The van der Waals surface area contributed by atoms with Crippen molar-refractivity contribution in [2.75, 3.05) is 0 Å². The summed E-state index contributed by atoms with van der Waals surface area (Å²) in [7, 11) is 0. The number of aromatic nitrogens is 2. The van der Waals surface area contributed by atoms with Crippen molar-refractivity contribution < 1.29 is 9.84 Å². The summed E-state index contributed by atoms with van der Waals surface area (Å²) in [6.45, 7) is 0. The molecule has 0 aliphatic carbocycles. The molecule has 2 heterocycles. The lowest BCUT2D eigenvalue weighted by Crippen LogP contribution is -2.23. The van der Waals surface area contributed by atoms with Gasteiger partial charge < -0.3 is 10.3 Å². The summed E-state index contributed by atoms with van der Waals surface area (Å²) in [5, 5.41) is 20.3. The zero-order valence-corrected chi connectivity index (χ0v) is 7.29. The monoisotopic (exact) mass is 188 g/mol. The molecule has 1 N–H and O–H groups in total. The van der Waals surface area contributed by atoms with Crippen LogP contribution < -0.4 is 4.73 Å². The van der Waals surface area contributed by atoms with E-state index in [4.69, 9.17) is 0 Å². The molecule has 0 unspecified atom stereocenters. The average molecular weight is 188 g/mol. The quantitative estimate of drug-likeness (QED) is 0.538. The Morgan fingerprint density at radius 1 is 1.36 bits per heavy atom. The van der Waals surface area contributed by atoms with Crippen molar-refractivity contribution in [3.05, 3.63) is 48.2 Å². The smallest absolute Gasteiger partial charge is 0.222 e. The molecule has 70 valence electrons. The lowest BCUT2D eigenvalue weighted by Gasteiger charge is -2.03. The highest BCUT2D eigenvalue weighted by atomic mass is 16.5. The Labute approximate surface area is 80.7 Å². The van der Waals surface area contributed by atoms with Gasteiger partial charge in [0.05, 0.1) is 0 Å². The minimum Gasteiger partial charge on any atom is -0.619 e. The number of nitrogens with zero attached hydrogens (tertiary/aromatic N) is 2. The molecule has 0 bridgehead atoms. The molecular formula is C10H8N2O2. The van der Waals surface area contributed by atoms with Gasteiger partial charge in [0.2, 0.25) is 6.20 Å². The molecule has 0 aliphatic rings. The van der Waals surface area contributed by atoms with Crippen LogP contribution in [0.15, 0.2) is 43.0 Å². The first-order valence-electron chi connectivity index (χ1n) is 4.09. The summed E-state index contributed by atoms with van der Waals surface area (Å²) in [5.74, 6) is -0.0458. The molecule has 14 heavy (non-hydrogen) atoms. The maximum Gasteiger partial charge on any atom is 0.222 e. The molecule has 0 saturated heterocycles. The predicted octanol–water partition coefficient (Wildman–Crippen LogP) is 1.09. The van der Waals surface area contributed by atoms with E-state index in [-0.39, 0.29) is 5.75 Å². The molecule has 4 nitrogen and oxygen atoms in total. The summed E-state index contributed by atoms with van der Waals surface area (Å²) in [5.41, 5.74) is 1.39. The molecule has 0 saturated carbocycles. The average Bonchev–Trinajstić information content (AvgIpc) is 2.19. The van der Waals surface area contributed by atoms with Gasteiger partial charge in [0, 0.05) is 29.6 Å². The van der Waals surface area contributed by atoms with Gasteiger partial charge in [0.25, 0.3) is 0 Å². The second-order valence-electron chi connectivity index (χ2n) is 2.85. The van der Waals surface area contributed by atoms with Gasteiger partial charge in [-0.2, -0.15) is 4.73 Å². The molecule has 0 aliphatic heterocycles. The maximum absolute atomic E-state index is 10.8. The summed E-state index contributed by atoms with van der Waals surface area (Å²) in [4.78, 5) is 3.93. The van der Waals surface area contributed by atoms with Crippen LogP contribution in [0.5, 0.6) is 5.75 Å². The highest BCUT2D eigenvalue weighted by Crippen LogP contribution is 2.25. The van der Waals surface area contributed by atoms with Crippen LogP contribution >= 0.6 is 0 Å². The highest BCUT2D eigenvalue weighted by molar-refractivity contribution is 5.67. The Hall–Kier alpha value is -2.10. The Kier molecular flexibility index (Phi) is 2.02. The van der Waals surface area contributed by atoms with E-state index in [1.54, 1.807) is 24.5 Å². The number of aromatic hydroxyl groups is 1. The van der Waals surface area contributed by atoms with E-state index in [0.29, 0.717) is 10.3 Å². The SMILES string of the molecule is [O-][n+]1ccc(-c2cccnc2)c(O)c1. The number of rotatable bonds is 1. The van der Waals surface area contributed by atoms with Crippen LogP contribution in [0.1, 0.15) is 0 Å². The van der Waals surface area contributed by atoms with Gasteiger partial charge in [-0.15, -0.1) is 0 Å². The van der Waals surface area contributed by atoms with Gasteiger partial charge >= 0.3 is 0 Å². The molecule has 0 fully saturated rings. The summed E-state index contributed by atoms with van der Waals surface area (Å²) in [6, 6.07) is 5.14. The van der Waals surface area contributed by atoms with Crippen LogP contribution in [0.3, 0.4) is 0 Å². The summed E-state index contributed by atoms with van der Waals surface area (Å²) >= 11 is 0. The third-order valence-corrected chi connectivity index (χ3v) is 1.89. The van der Waals surface area contributed by atoms with Crippen molar-refractivity contribution in [2.24, 2.45) is 0 Å². The van der Waals surface area contributed by atoms with Crippen molar-refractivity contribution >= 4 is 0 Å². The van der Waals surface area contributed by atoms with Gasteiger partial charge in [0.1, 0.15) is 0 Å². The van der Waals surface area contributed by atoms with Crippen molar-refractivity contribution in [1.82, 2.24) is 4.98 Å². The first-order chi connectivity index (χ1) is 6.77. The normalized spacial score (nSPS) is 10.0. The first-order valence-corrected chi connectivity index (χ1v) is 4.09. The highest BCUT2D eigenvalue weighted by Gasteiger charge is 2.06. The Balaban J connectivity index is 2.53. The van der Waals surface area contributed by atoms with Crippen molar-refractivity contribution in [3.8, 4) is 16.9 Å². The minimum absolute atomic E-state index is 0.0458. The van der Waals surface area contributed by atoms with Crippen LogP contribution in [-0.2, 0) is 0 Å². The third kappa shape index (κ3) is 1.50. The Morgan fingerprint density at radius 2 is 2.21 bits per heavy atom. The van der Waals surface area contributed by atoms with E-state index in [1.807, 2.05) is 6.07 Å². The summed E-state index contributed by atoms with van der Waals surface area (Å²) in [6.07, 6.45) is 5.73. The standard InChI is InChI=1S/C10H8N2O2/c13-10-7-12(14)5-3-9(10)8-2-1-4-11-6-8/h1-7,13H. The summed E-state index contributed by atoms with van der Waals surface area (Å²) < 4.78 is 0.551. The molecule has 0 amide bonds. The molecule has 4 heteroatoms. The van der Waals surface area contributed by atoms with E-state index < -0.39 is 0 Å². The minimum atomic E-state index is -0.0458. The van der Waals surface area contributed by atoms with Crippen molar-refractivity contribution in [1.29, 1.82) is 0 Å². The van der Waals surface area contributed by atoms with Crippen LogP contribution in [0.4, 0.5) is 0 Å². The molecule has 2 aromatic rings. The third-order valence-electron chi connectivity index (χ3n) is 1.89. The zero-order valence-electron chi connectivity index (χ0n) is 7.29. The van der Waals surface area contributed by atoms with Gasteiger partial charge in [-0.05, 0) is 6.07 Å². The van der Waals surface area contributed by atoms with Crippen LogP contribution in [0, 0.1) is 5.21 Å². The van der Waals surface area contributed by atoms with Gasteiger partial charge in [0.15, 0.2) is 11.9 Å². The second-order valence-corrected chi connectivity index (χ2v) is 2.85. The van der Waals surface area contributed by atoms with Crippen molar-refractivity contribution in [3.63, 3.8) is 0 Å². The van der Waals surface area contributed by atoms with Crippen LogP contribution in [0.2, 0.25) is 0 Å². The molecule has 0 radical (unpaired) electrons. The zero-order chi connectivity index (χ0) is 9.97. The van der Waals surface area contributed by atoms with E-state index in [1.165, 1.54) is 6.20 Å². The number of hydrogen-bond acceptors (Lipinski definition) is 3. The largest absolute Gasteiger partial charge is 0.619 e. The topological polar surface area (TPSA) is 60.1 Å². The maximum atomic E-state index is 10.8. The fourth-order valence-corrected chi connectivity index (χ4v) is 1.23. The molecule has 0 atom stereocenters. The van der Waals surface area contributed by atoms with Crippen LogP contribution in [0.25, 0.3) is 11.1 Å². The van der Waals surface area contributed by atoms with Gasteiger partial charge in [-0.25, -0.2) is 0 Å². The molecule has 2 rings (SSSR count). The Bertz CT molecular complexity index is 443. The van der Waals surface area contributed by atoms with E-state index in [2.05, 4.69) is 4.98 Å². The number of hydrogen-bond donors (Lipinski definition) is 1. The van der Waals surface area contributed by atoms with E-state index in [9.17, 15) is 10.3 Å². The van der Waals surface area contributed by atoms with Crippen molar-refractivity contribution in [2.45, 2.75) is 0 Å². The first kappa shape index (κ1) is 8.50.